The van der Waals surface area contributed by atoms with Gasteiger partial charge in [0.05, 0.1) is 23.8 Å². The summed E-state index contributed by atoms with van der Waals surface area (Å²) in [6.45, 7) is 6.10. The van der Waals surface area contributed by atoms with E-state index in [1.165, 1.54) is 18.2 Å². The van der Waals surface area contributed by atoms with Crippen LogP contribution >= 0.6 is 11.6 Å². The van der Waals surface area contributed by atoms with E-state index in [-0.39, 0.29) is 23.1 Å². The summed E-state index contributed by atoms with van der Waals surface area (Å²) in [5, 5.41) is 19.8. The number of nitrogens with one attached hydrogen (secondary N) is 2. The molecule has 1 aliphatic heterocycles. The predicted molar refractivity (Wildman–Crippen MR) is 102 cm³/mol. The summed E-state index contributed by atoms with van der Waals surface area (Å²) in [4.78, 5) is 14.1. The number of carbonyl (C=O) groups is 1. The van der Waals surface area contributed by atoms with Crippen LogP contribution in [-0.2, 0) is 13.1 Å². The van der Waals surface area contributed by atoms with Gasteiger partial charge in [0, 0.05) is 36.9 Å². The number of aliphatic hydroxyl groups is 1. The van der Waals surface area contributed by atoms with Crippen molar-refractivity contribution in [3.63, 3.8) is 0 Å². The third kappa shape index (κ3) is 4.70. The Morgan fingerprint density at radius 2 is 2.15 bits per heavy atom. The minimum Gasteiger partial charge on any atom is -0.396 e. The van der Waals surface area contributed by atoms with E-state index in [1.807, 2.05) is 24.6 Å². The highest BCUT2D eigenvalue weighted by molar-refractivity contribution is 6.31. The number of urea groups is 1. The lowest BCUT2D eigenvalue weighted by Crippen LogP contribution is -2.40. The summed E-state index contributed by atoms with van der Waals surface area (Å²) in [6, 6.07) is 5.70. The lowest BCUT2D eigenvalue weighted by atomic mass is 9.95. The number of carbonyl (C=O) groups excluding carboxylic acids is 1. The third-order valence-electron chi connectivity index (χ3n) is 4.43. The lowest BCUT2D eigenvalue weighted by Gasteiger charge is -2.27. The van der Waals surface area contributed by atoms with Gasteiger partial charge >= 0.3 is 6.03 Å². The Morgan fingerprint density at radius 3 is 2.85 bits per heavy atom. The fourth-order valence-corrected chi connectivity index (χ4v) is 2.87. The first kappa shape index (κ1) is 19.4. The van der Waals surface area contributed by atoms with Crippen molar-refractivity contribution in [3.8, 4) is 0 Å². The lowest BCUT2D eigenvalue weighted by molar-refractivity contribution is 0.170. The van der Waals surface area contributed by atoms with Gasteiger partial charge in [0.25, 0.3) is 0 Å². The van der Waals surface area contributed by atoms with Crippen LogP contribution in [0.3, 0.4) is 0 Å². The van der Waals surface area contributed by atoms with E-state index in [0.717, 1.165) is 11.5 Å². The van der Waals surface area contributed by atoms with Crippen LogP contribution < -0.4 is 10.6 Å². The molecule has 0 fully saturated rings. The van der Waals surface area contributed by atoms with Crippen LogP contribution in [0.15, 0.2) is 24.3 Å². The summed E-state index contributed by atoms with van der Waals surface area (Å²) in [7, 11) is 0. The molecule has 0 unspecified atom stereocenters. The second-order valence-electron chi connectivity index (χ2n) is 7.40. The first-order chi connectivity index (χ1) is 12.8. The van der Waals surface area contributed by atoms with E-state index in [1.54, 1.807) is 4.90 Å². The standard InChI is InChI=1S/C18H23ClFN5O2/c1-18(2,11-26)10-21-16-8-13-9-24(5-6-25(13)23-16)17(27)22-12-3-4-15(20)14(19)7-12/h3-4,7-8,26H,5-6,9-11H2,1-2H3,(H,21,23)(H,22,27). The molecular formula is C18H23ClFN5O2. The molecule has 2 amide bonds. The van der Waals surface area contributed by atoms with Crippen molar-refractivity contribution in [1.29, 1.82) is 0 Å². The molecule has 3 N–H and O–H groups in total. The Kier molecular flexibility index (Phi) is 5.57. The van der Waals surface area contributed by atoms with E-state index in [2.05, 4.69) is 15.7 Å². The minimum absolute atomic E-state index is 0.0361. The summed E-state index contributed by atoms with van der Waals surface area (Å²) in [6.07, 6.45) is 0. The van der Waals surface area contributed by atoms with Crippen LogP contribution in [0.1, 0.15) is 19.5 Å². The largest absolute Gasteiger partial charge is 0.396 e. The molecule has 3 rings (SSSR count). The van der Waals surface area contributed by atoms with Crippen molar-refractivity contribution in [2.75, 3.05) is 30.3 Å². The van der Waals surface area contributed by atoms with Crippen molar-refractivity contribution < 1.29 is 14.3 Å². The van der Waals surface area contributed by atoms with Crippen LogP contribution in [0.5, 0.6) is 0 Å². The minimum atomic E-state index is -0.527. The number of rotatable bonds is 5. The molecule has 2 heterocycles. The fourth-order valence-electron chi connectivity index (χ4n) is 2.69. The third-order valence-corrected chi connectivity index (χ3v) is 4.72. The highest BCUT2D eigenvalue weighted by Crippen LogP contribution is 2.22. The van der Waals surface area contributed by atoms with Crippen LogP contribution in [0.25, 0.3) is 0 Å². The average molecular weight is 396 g/mol. The van der Waals surface area contributed by atoms with Gasteiger partial charge in [0.2, 0.25) is 0 Å². The van der Waals surface area contributed by atoms with Gasteiger partial charge in [0.1, 0.15) is 11.6 Å². The molecule has 0 saturated heterocycles. The predicted octanol–water partition coefficient (Wildman–Crippen LogP) is 3.15. The van der Waals surface area contributed by atoms with E-state index < -0.39 is 5.82 Å². The van der Waals surface area contributed by atoms with Gasteiger partial charge in [-0.3, -0.25) is 4.68 Å². The molecule has 0 aliphatic carbocycles. The van der Waals surface area contributed by atoms with Crippen LogP contribution in [0, 0.1) is 11.2 Å². The molecule has 2 aromatic rings. The number of amides is 2. The van der Waals surface area contributed by atoms with E-state index in [4.69, 9.17) is 11.6 Å². The van der Waals surface area contributed by atoms with Crippen molar-refractivity contribution in [2.45, 2.75) is 26.9 Å². The molecule has 0 atom stereocenters. The Bertz CT molecular complexity index is 839. The second kappa shape index (κ2) is 7.74. The summed E-state index contributed by atoms with van der Waals surface area (Å²) < 4.78 is 15.1. The number of nitrogens with zero attached hydrogens (tertiary/aromatic N) is 3. The molecule has 146 valence electrons. The molecular weight excluding hydrogens is 373 g/mol. The zero-order valence-corrected chi connectivity index (χ0v) is 16.1. The Hall–Kier alpha value is -2.32. The SMILES string of the molecule is CC(C)(CO)CNc1cc2n(n1)CCN(C(=O)Nc1ccc(F)c(Cl)c1)C2. The maximum atomic E-state index is 13.2. The highest BCUT2D eigenvalue weighted by Gasteiger charge is 2.23. The van der Waals surface area contributed by atoms with Gasteiger partial charge in [0.15, 0.2) is 0 Å². The molecule has 27 heavy (non-hydrogen) atoms. The number of hydrogen-bond acceptors (Lipinski definition) is 4. The molecule has 0 spiro atoms. The van der Waals surface area contributed by atoms with Crippen molar-refractivity contribution in [1.82, 2.24) is 14.7 Å². The summed E-state index contributed by atoms with van der Waals surface area (Å²) in [5.74, 6) is 0.194. The van der Waals surface area contributed by atoms with Gasteiger partial charge < -0.3 is 20.6 Å². The van der Waals surface area contributed by atoms with Gasteiger partial charge in [-0.15, -0.1) is 0 Å². The Labute approximate surface area is 162 Å². The smallest absolute Gasteiger partial charge is 0.322 e. The maximum absolute atomic E-state index is 13.2. The van der Waals surface area contributed by atoms with Gasteiger partial charge in [-0.2, -0.15) is 5.10 Å². The molecule has 0 radical (unpaired) electrons. The molecule has 1 aromatic carbocycles. The molecule has 1 aromatic heterocycles. The van der Waals surface area contributed by atoms with Crippen molar-refractivity contribution >= 4 is 29.1 Å². The van der Waals surface area contributed by atoms with Gasteiger partial charge in [-0.25, -0.2) is 9.18 Å². The number of benzene rings is 1. The fraction of sp³-hybridized carbons (Fsp3) is 0.444. The topological polar surface area (TPSA) is 82.4 Å². The molecule has 0 saturated carbocycles. The Balaban J connectivity index is 1.62. The first-order valence-electron chi connectivity index (χ1n) is 8.70. The number of anilines is 2. The quantitative estimate of drug-likeness (QED) is 0.726. The highest BCUT2D eigenvalue weighted by atomic mass is 35.5. The first-order valence-corrected chi connectivity index (χ1v) is 9.08. The average Bonchev–Trinajstić information content (AvgIpc) is 3.05. The zero-order valence-electron chi connectivity index (χ0n) is 15.3. The van der Waals surface area contributed by atoms with Crippen LogP contribution in [0.4, 0.5) is 20.7 Å². The van der Waals surface area contributed by atoms with Crippen molar-refractivity contribution in [3.05, 3.63) is 40.8 Å². The second-order valence-corrected chi connectivity index (χ2v) is 7.81. The van der Waals surface area contributed by atoms with Crippen LogP contribution in [-0.4, -0.2) is 45.5 Å². The van der Waals surface area contributed by atoms with E-state index in [0.29, 0.717) is 31.9 Å². The zero-order chi connectivity index (χ0) is 19.6. The number of aliphatic hydroxyl groups excluding tert-OH is 1. The normalized spacial score (nSPS) is 14.0. The maximum Gasteiger partial charge on any atom is 0.322 e. The summed E-state index contributed by atoms with van der Waals surface area (Å²) >= 11 is 5.75. The molecule has 9 heteroatoms. The Morgan fingerprint density at radius 1 is 1.37 bits per heavy atom. The van der Waals surface area contributed by atoms with E-state index in [9.17, 15) is 14.3 Å². The summed E-state index contributed by atoms with van der Waals surface area (Å²) in [5.41, 5.74) is 1.11. The van der Waals surface area contributed by atoms with Crippen molar-refractivity contribution in [2.24, 2.45) is 5.41 Å². The molecule has 1 aliphatic rings. The molecule has 7 nitrogen and oxygen atoms in total. The van der Waals surface area contributed by atoms with E-state index >= 15 is 0 Å². The number of fused-ring (bicyclic) bond motifs is 1. The van der Waals surface area contributed by atoms with Crippen LogP contribution in [0.2, 0.25) is 5.02 Å². The number of hydrogen-bond donors (Lipinski definition) is 3. The molecule has 0 bridgehead atoms. The number of aromatic nitrogens is 2. The number of halogens is 2. The van der Waals surface area contributed by atoms with Gasteiger partial charge in [-0.05, 0) is 18.2 Å². The monoisotopic (exact) mass is 395 g/mol. The van der Waals surface area contributed by atoms with Gasteiger partial charge in [-0.1, -0.05) is 25.4 Å².